The molecule has 1 aliphatic rings. The van der Waals surface area contributed by atoms with Gasteiger partial charge in [-0.2, -0.15) is 0 Å². The van der Waals surface area contributed by atoms with Gasteiger partial charge < -0.3 is 10.1 Å². The predicted molar refractivity (Wildman–Crippen MR) is 107 cm³/mol. The third-order valence-corrected chi connectivity index (χ3v) is 5.28. The summed E-state index contributed by atoms with van der Waals surface area (Å²) in [4.78, 5) is 6.65. The molecule has 5 heteroatoms. The lowest BCUT2D eigenvalue weighted by Gasteiger charge is -2.32. The Kier molecular flexibility index (Phi) is 7.30. The van der Waals surface area contributed by atoms with Gasteiger partial charge in [0.05, 0.1) is 0 Å². The topological polar surface area (TPSA) is 37.4 Å². The minimum Gasteiger partial charge on any atom is -0.489 e. The Labute approximate surface area is 161 Å². The van der Waals surface area contributed by atoms with Crippen LogP contribution in [0.25, 0.3) is 0 Å². The van der Waals surface area contributed by atoms with Gasteiger partial charge in [-0.25, -0.2) is 0 Å². The lowest BCUT2D eigenvalue weighted by molar-refractivity contribution is 0.170. The summed E-state index contributed by atoms with van der Waals surface area (Å²) < 4.78 is 6.06. The average molecular weight is 374 g/mol. The molecule has 0 radical (unpaired) electrons. The Morgan fingerprint density at radius 2 is 2.12 bits per heavy atom. The van der Waals surface area contributed by atoms with Gasteiger partial charge in [-0.1, -0.05) is 17.7 Å². The summed E-state index contributed by atoms with van der Waals surface area (Å²) in [6.45, 7) is 4.81. The number of pyridine rings is 1. The Morgan fingerprint density at radius 1 is 1.27 bits per heavy atom. The van der Waals surface area contributed by atoms with Crippen molar-refractivity contribution in [3.05, 3.63) is 58.9 Å². The molecule has 3 rings (SSSR count). The first-order chi connectivity index (χ1) is 12.7. The molecule has 0 bridgehead atoms. The smallest absolute Gasteiger partial charge is 0.124 e. The van der Waals surface area contributed by atoms with E-state index in [4.69, 9.17) is 16.3 Å². The summed E-state index contributed by atoms with van der Waals surface area (Å²) in [5.41, 5.74) is 2.23. The molecule has 0 unspecified atom stereocenters. The molecule has 1 N–H and O–H groups in total. The number of likely N-dealkylation sites (tertiary alicyclic amines) is 1. The fourth-order valence-corrected chi connectivity index (χ4v) is 3.67. The van der Waals surface area contributed by atoms with Gasteiger partial charge >= 0.3 is 0 Å². The molecule has 4 nitrogen and oxygen atoms in total. The molecule has 140 valence electrons. The number of nitrogens with one attached hydrogen (secondary N) is 1. The fourth-order valence-electron chi connectivity index (χ4n) is 3.48. The first kappa shape index (κ1) is 19.2. The molecule has 26 heavy (non-hydrogen) atoms. The van der Waals surface area contributed by atoms with Crippen molar-refractivity contribution < 1.29 is 4.74 Å². The second-order valence-corrected chi connectivity index (χ2v) is 7.45. The highest BCUT2D eigenvalue weighted by Gasteiger charge is 2.20. The van der Waals surface area contributed by atoms with E-state index in [0.717, 1.165) is 54.0 Å². The van der Waals surface area contributed by atoms with Crippen LogP contribution in [-0.4, -0.2) is 36.6 Å². The largest absolute Gasteiger partial charge is 0.489 e. The highest BCUT2D eigenvalue weighted by Crippen LogP contribution is 2.28. The summed E-state index contributed by atoms with van der Waals surface area (Å²) in [7, 11) is 2.03. The van der Waals surface area contributed by atoms with Crippen LogP contribution in [0, 0.1) is 5.92 Å². The highest BCUT2D eigenvalue weighted by molar-refractivity contribution is 6.30. The van der Waals surface area contributed by atoms with Crippen molar-refractivity contribution in [2.24, 2.45) is 5.92 Å². The molecule has 0 spiro atoms. The van der Waals surface area contributed by atoms with Gasteiger partial charge in [0.25, 0.3) is 0 Å². The minimum atomic E-state index is 0.522. The van der Waals surface area contributed by atoms with Crippen LogP contribution in [0.5, 0.6) is 5.75 Å². The molecule has 1 aromatic carbocycles. The van der Waals surface area contributed by atoms with Crippen LogP contribution in [0.15, 0.2) is 42.7 Å². The number of benzene rings is 1. The van der Waals surface area contributed by atoms with Crippen LogP contribution in [0.3, 0.4) is 0 Å². The third-order valence-electron chi connectivity index (χ3n) is 5.04. The summed E-state index contributed by atoms with van der Waals surface area (Å²) in [6.07, 6.45) is 7.44. The summed E-state index contributed by atoms with van der Waals surface area (Å²) in [5.74, 6) is 1.76. The molecule has 1 saturated heterocycles. The van der Waals surface area contributed by atoms with Gasteiger partial charge in [0, 0.05) is 35.1 Å². The fraction of sp³-hybridized carbons (Fsp3) is 0.476. The maximum atomic E-state index is 6.24. The SMILES string of the molecule is CNCCC1CCN(Cc2cc(Cl)ccc2OCc2cccnc2)CC1. The average Bonchev–Trinajstić information content (AvgIpc) is 2.68. The van der Waals surface area contributed by atoms with E-state index in [9.17, 15) is 0 Å². The number of aromatic nitrogens is 1. The van der Waals surface area contributed by atoms with Crippen LogP contribution in [0.2, 0.25) is 5.02 Å². The van der Waals surface area contributed by atoms with Crippen molar-refractivity contribution in [2.45, 2.75) is 32.4 Å². The van der Waals surface area contributed by atoms with Gasteiger partial charge in [-0.05, 0) is 76.1 Å². The second-order valence-electron chi connectivity index (χ2n) is 7.01. The Balaban J connectivity index is 1.58. The predicted octanol–water partition coefficient (Wildman–Crippen LogP) is 4.14. The number of ether oxygens (including phenoxy) is 1. The maximum absolute atomic E-state index is 6.24. The van der Waals surface area contributed by atoms with Crippen molar-refractivity contribution in [1.29, 1.82) is 0 Å². The first-order valence-electron chi connectivity index (χ1n) is 9.41. The molecular formula is C21H28ClN3O. The molecule has 0 aliphatic carbocycles. The Morgan fingerprint density at radius 3 is 2.85 bits per heavy atom. The number of hydrogen-bond acceptors (Lipinski definition) is 4. The molecule has 0 atom stereocenters. The van der Waals surface area contributed by atoms with Crippen LogP contribution in [0.4, 0.5) is 0 Å². The molecule has 0 saturated carbocycles. The highest BCUT2D eigenvalue weighted by atomic mass is 35.5. The number of hydrogen-bond donors (Lipinski definition) is 1. The number of nitrogens with zero attached hydrogens (tertiary/aromatic N) is 2. The molecule has 1 aliphatic heterocycles. The molecule has 2 aromatic rings. The standard InChI is InChI=1S/C21H28ClN3O/c1-23-10-6-17-7-11-25(12-8-17)15-19-13-20(22)4-5-21(19)26-16-18-3-2-9-24-14-18/h2-5,9,13-14,17,23H,6-8,10-12,15-16H2,1H3. The Hall–Kier alpha value is -1.62. The van der Waals surface area contributed by atoms with Crippen molar-refractivity contribution in [2.75, 3.05) is 26.7 Å². The summed E-state index contributed by atoms with van der Waals surface area (Å²) >= 11 is 6.24. The summed E-state index contributed by atoms with van der Waals surface area (Å²) in [6, 6.07) is 9.87. The Bertz CT molecular complexity index is 672. The van der Waals surface area contributed by atoms with Gasteiger partial charge in [0.1, 0.15) is 12.4 Å². The van der Waals surface area contributed by atoms with Gasteiger partial charge in [0.2, 0.25) is 0 Å². The van der Waals surface area contributed by atoms with Crippen LogP contribution in [0.1, 0.15) is 30.4 Å². The number of halogens is 1. The normalized spacial score (nSPS) is 15.9. The lowest BCUT2D eigenvalue weighted by Crippen LogP contribution is -2.34. The number of rotatable bonds is 8. The van der Waals surface area contributed by atoms with Crippen molar-refractivity contribution in [3.8, 4) is 5.75 Å². The van der Waals surface area contributed by atoms with E-state index in [1.807, 2.05) is 43.6 Å². The van der Waals surface area contributed by atoms with Gasteiger partial charge in [-0.3, -0.25) is 9.88 Å². The van der Waals surface area contributed by atoms with E-state index in [2.05, 4.69) is 15.2 Å². The molecule has 2 heterocycles. The van der Waals surface area contributed by atoms with E-state index in [-0.39, 0.29) is 0 Å². The zero-order valence-electron chi connectivity index (χ0n) is 15.5. The van der Waals surface area contributed by atoms with Crippen molar-refractivity contribution in [3.63, 3.8) is 0 Å². The van der Waals surface area contributed by atoms with E-state index in [1.165, 1.54) is 19.3 Å². The van der Waals surface area contributed by atoms with Gasteiger partial charge in [0.15, 0.2) is 0 Å². The van der Waals surface area contributed by atoms with E-state index in [1.54, 1.807) is 6.20 Å². The molecule has 0 amide bonds. The van der Waals surface area contributed by atoms with E-state index < -0.39 is 0 Å². The van der Waals surface area contributed by atoms with Crippen molar-refractivity contribution >= 4 is 11.6 Å². The zero-order chi connectivity index (χ0) is 18.2. The van der Waals surface area contributed by atoms with Crippen LogP contribution in [-0.2, 0) is 13.2 Å². The van der Waals surface area contributed by atoms with Gasteiger partial charge in [-0.15, -0.1) is 0 Å². The second kappa shape index (κ2) is 9.91. The number of piperidine rings is 1. The molecular weight excluding hydrogens is 346 g/mol. The quantitative estimate of drug-likeness (QED) is 0.754. The van der Waals surface area contributed by atoms with Crippen LogP contribution >= 0.6 is 11.6 Å². The lowest BCUT2D eigenvalue weighted by atomic mass is 9.93. The van der Waals surface area contributed by atoms with E-state index in [0.29, 0.717) is 6.61 Å². The first-order valence-corrected chi connectivity index (χ1v) is 9.79. The van der Waals surface area contributed by atoms with Crippen LogP contribution < -0.4 is 10.1 Å². The van der Waals surface area contributed by atoms with E-state index >= 15 is 0 Å². The monoisotopic (exact) mass is 373 g/mol. The zero-order valence-corrected chi connectivity index (χ0v) is 16.2. The summed E-state index contributed by atoms with van der Waals surface area (Å²) in [5, 5.41) is 4.02. The van der Waals surface area contributed by atoms with Crippen molar-refractivity contribution in [1.82, 2.24) is 15.2 Å². The molecule has 1 fully saturated rings. The maximum Gasteiger partial charge on any atom is 0.124 e. The minimum absolute atomic E-state index is 0.522. The molecule has 1 aromatic heterocycles. The third kappa shape index (κ3) is 5.70.